The Morgan fingerprint density at radius 1 is 1.16 bits per heavy atom. The molecule has 1 aliphatic heterocycles. The zero-order chi connectivity index (χ0) is 16.9. The van der Waals surface area contributed by atoms with Crippen molar-refractivity contribution in [3.05, 3.63) is 59.6 Å². The molecule has 0 aliphatic carbocycles. The number of likely N-dealkylation sites (tertiary alicyclic amines) is 1. The first-order valence-corrected chi connectivity index (χ1v) is 9.39. The molecule has 0 saturated carbocycles. The lowest BCUT2D eigenvalue weighted by Gasteiger charge is -2.35. The van der Waals surface area contributed by atoms with Gasteiger partial charge in [-0.05, 0) is 37.1 Å². The topological polar surface area (TPSA) is 66.8 Å². The quantitative estimate of drug-likeness (QED) is 0.753. The van der Waals surface area contributed by atoms with Gasteiger partial charge in [0.05, 0.1) is 11.7 Å². The molecule has 128 valence electrons. The highest BCUT2D eigenvalue weighted by molar-refractivity contribution is 7.13. The van der Waals surface area contributed by atoms with E-state index in [1.165, 1.54) is 18.4 Å². The molecule has 0 radical (unpaired) electrons. The van der Waals surface area contributed by atoms with Crippen LogP contribution in [-0.2, 0) is 6.54 Å². The van der Waals surface area contributed by atoms with Gasteiger partial charge in [-0.2, -0.15) is 0 Å². The molecule has 1 aliphatic rings. The number of piperidine rings is 1. The van der Waals surface area contributed by atoms with Gasteiger partial charge in [0.2, 0.25) is 5.95 Å². The van der Waals surface area contributed by atoms with Gasteiger partial charge < -0.3 is 5.32 Å². The summed E-state index contributed by atoms with van der Waals surface area (Å²) in [6.45, 7) is 1.98. The average Bonchev–Trinajstić information content (AvgIpc) is 3.16. The van der Waals surface area contributed by atoms with Crippen LogP contribution in [0.3, 0.4) is 0 Å². The van der Waals surface area contributed by atoms with Crippen molar-refractivity contribution < 1.29 is 0 Å². The van der Waals surface area contributed by atoms with Crippen molar-refractivity contribution in [2.75, 3.05) is 11.9 Å². The Balaban J connectivity index is 1.53. The van der Waals surface area contributed by atoms with E-state index in [0.29, 0.717) is 12.0 Å². The molecule has 1 atom stereocenters. The minimum absolute atomic E-state index is 0.314. The highest BCUT2D eigenvalue weighted by Gasteiger charge is 2.25. The van der Waals surface area contributed by atoms with Crippen molar-refractivity contribution in [3.8, 4) is 0 Å². The van der Waals surface area contributed by atoms with Crippen LogP contribution in [0.25, 0.3) is 0 Å². The first kappa shape index (κ1) is 16.1. The Bertz CT molecular complexity index is 792. The first-order valence-electron chi connectivity index (χ1n) is 8.51. The van der Waals surface area contributed by atoms with E-state index >= 15 is 0 Å². The summed E-state index contributed by atoms with van der Waals surface area (Å²) < 4.78 is 0. The summed E-state index contributed by atoms with van der Waals surface area (Å²) in [5.41, 5.74) is 2.31. The number of pyridine rings is 1. The smallest absolute Gasteiger partial charge is 0.229 e. The monoisotopic (exact) mass is 352 g/mol. The van der Waals surface area contributed by atoms with E-state index in [1.54, 1.807) is 17.5 Å². The third-order valence-corrected chi connectivity index (χ3v) is 5.08. The minimum atomic E-state index is 0.314. The zero-order valence-electron chi connectivity index (χ0n) is 13.9. The number of thiazole rings is 1. The fourth-order valence-corrected chi connectivity index (χ4v) is 3.76. The molecule has 1 saturated heterocycles. The molecule has 3 aromatic heterocycles. The molecule has 0 spiro atoms. The van der Waals surface area contributed by atoms with Crippen molar-refractivity contribution in [3.63, 3.8) is 0 Å². The summed E-state index contributed by atoms with van der Waals surface area (Å²) in [6.07, 6.45) is 10.9. The summed E-state index contributed by atoms with van der Waals surface area (Å²) in [5, 5.41) is 5.93. The van der Waals surface area contributed by atoms with Crippen LogP contribution in [0.15, 0.2) is 48.4 Å². The molecule has 1 N–H and O–H groups in total. The summed E-state index contributed by atoms with van der Waals surface area (Å²) in [5.74, 6) is 0.611. The van der Waals surface area contributed by atoms with Crippen molar-refractivity contribution in [2.24, 2.45) is 0 Å². The lowest BCUT2D eigenvalue weighted by Crippen LogP contribution is -2.33. The van der Waals surface area contributed by atoms with E-state index < -0.39 is 0 Å². The molecule has 4 heterocycles. The maximum absolute atomic E-state index is 4.75. The number of nitrogens with one attached hydrogen (secondary N) is 1. The molecule has 0 amide bonds. The lowest BCUT2D eigenvalue weighted by molar-refractivity contribution is 0.137. The van der Waals surface area contributed by atoms with Crippen LogP contribution >= 0.6 is 11.3 Å². The standard InChI is InChI=1S/C18H20N6S/c1-2-10-24(13-14-4-3-7-19-12-14)16(5-1)15-6-8-20-17(22-15)23-18-21-9-11-25-18/h3-4,6-9,11-12,16H,1-2,5,10,13H2,(H,20,21,22,23)/t16-/m0/s1. The number of anilines is 2. The highest BCUT2D eigenvalue weighted by atomic mass is 32.1. The number of rotatable bonds is 5. The molecule has 1 fully saturated rings. The molecule has 4 rings (SSSR count). The Labute approximate surface area is 151 Å². The Hall–Kier alpha value is -2.38. The Kier molecular flexibility index (Phi) is 4.94. The number of nitrogens with zero attached hydrogens (tertiary/aromatic N) is 5. The van der Waals surface area contributed by atoms with E-state index in [0.717, 1.165) is 30.3 Å². The Morgan fingerprint density at radius 3 is 3.00 bits per heavy atom. The SMILES string of the molecule is c1cncc(CN2CCCC[C@H]2c2ccnc(Nc3nccs3)n2)c1. The van der Waals surface area contributed by atoms with Gasteiger partial charge in [-0.15, -0.1) is 11.3 Å². The number of aromatic nitrogens is 4. The van der Waals surface area contributed by atoms with E-state index in [4.69, 9.17) is 4.98 Å². The van der Waals surface area contributed by atoms with Crippen molar-refractivity contribution >= 4 is 22.4 Å². The van der Waals surface area contributed by atoms with Gasteiger partial charge in [0.25, 0.3) is 0 Å². The second-order valence-corrected chi connectivity index (χ2v) is 7.01. The van der Waals surface area contributed by atoms with Crippen LogP contribution in [0.5, 0.6) is 0 Å². The second-order valence-electron chi connectivity index (χ2n) is 6.11. The van der Waals surface area contributed by atoms with Crippen LogP contribution in [0.2, 0.25) is 0 Å². The third-order valence-electron chi connectivity index (χ3n) is 4.39. The van der Waals surface area contributed by atoms with E-state index in [1.807, 2.05) is 36.1 Å². The zero-order valence-corrected chi connectivity index (χ0v) is 14.7. The van der Waals surface area contributed by atoms with Crippen LogP contribution in [0.1, 0.15) is 36.6 Å². The summed E-state index contributed by atoms with van der Waals surface area (Å²) >= 11 is 1.54. The van der Waals surface area contributed by atoms with E-state index in [2.05, 4.69) is 31.2 Å². The molecular weight excluding hydrogens is 332 g/mol. The second kappa shape index (κ2) is 7.67. The minimum Gasteiger partial charge on any atom is -0.300 e. The molecule has 0 aromatic carbocycles. The van der Waals surface area contributed by atoms with Gasteiger partial charge in [0.15, 0.2) is 5.13 Å². The number of hydrogen-bond acceptors (Lipinski definition) is 7. The van der Waals surface area contributed by atoms with Crippen molar-refractivity contribution in [1.82, 2.24) is 24.8 Å². The Morgan fingerprint density at radius 2 is 2.16 bits per heavy atom. The maximum atomic E-state index is 4.75. The third kappa shape index (κ3) is 4.00. The largest absolute Gasteiger partial charge is 0.300 e. The fraction of sp³-hybridized carbons (Fsp3) is 0.333. The predicted octanol–water partition coefficient (Wildman–Crippen LogP) is 3.80. The first-order chi connectivity index (χ1) is 12.4. The molecule has 3 aromatic rings. The fourth-order valence-electron chi connectivity index (χ4n) is 3.24. The van der Waals surface area contributed by atoms with E-state index in [9.17, 15) is 0 Å². The van der Waals surface area contributed by atoms with Gasteiger partial charge >= 0.3 is 0 Å². The lowest BCUT2D eigenvalue weighted by atomic mass is 9.98. The maximum Gasteiger partial charge on any atom is 0.229 e. The van der Waals surface area contributed by atoms with Gasteiger partial charge in [0, 0.05) is 36.7 Å². The van der Waals surface area contributed by atoms with Crippen LogP contribution in [-0.4, -0.2) is 31.4 Å². The van der Waals surface area contributed by atoms with Gasteiger partial charge in [-0.1, -0.05) is 12.5 Å². The normalized spacial score (nSPS) is 18.2. The molecule has 0 bridgehead atoms. The van der Waals surface area contributed by atoms with Crippen LogP contribution < -0.4 is 5.32 Å². The molecule has 0 unspecified atom stereocenters. The molecule has 25 heavy (non-hydrogen) atoms. The van der Waals surface area contributed by atoms with Gasteiger partial charge in [-0.25, -0.2) is 15.0 Å². The van der Waals surface area contributed by atoms with Crippen molar-refractivity contribution in [1.29, 1.82) is 0 Å². The average molecular weight is 352 g/mol. The van der Waals surface area contributed by atoms with Crippen molar-refractivity contribution in [2.45, 2.75) is 31.8 Å². The predicted molar refractivity (Wildman–Crippen MR) is 98.7 cm³/mol. The highest BCUT2D eigenvalue weighted by Crippen LogP contribution is 2.31. The summed E-state index contributed by atoms with van der Waals surface area (Å²) in [6, 6.07) is 6.47. The summed E-state index contributed by atoms with van der Waals surface area (Å²) in [4.78, 5) is 20.1. The van der Waals surface area contributed by atoms with Gasteiger partial charge in [0.1, 0.15) is 0 Å². The molecule has 6 nitrogen and oxygen atoms in total. The van der Waals surface area contributed by atoms with Gasteiger partial charge in [-0.3, -0.25) is 9.88 Å². The molecular formula is C18H20N6S. The van der Waals surface area contributed by atoms with Crippen LogP contribution in [0.4, 0.5) is 11.1 Å². The number of hydrogen-bond donors (Lipinski definition) is 1. The van der Waals surface area contributed by atoms with Crippen LogP contribution in [0, 0.1) is 0 Å². The summed E-state index contributed by atoms with van der Waals surface area (Å²) in [7, 11) is 0. The molecule has 7 heteroatoms. The van der Waals surface area contributed by atoms with E-state index in [-0.39, 0.29) is 0 Å².